The Balaban J connectivity index is 0.813. The zero-order valence-corrected chi connectivity index (χ0v) is 50.6. The van der Waals surface area contributed by atoms with Gasteiger partial charge < -0.3 is 55.2 Å². The molecule has 4 heterocycles. The summed E-state index contributed by atoms with van der Waals surface area (Å²) in [5.74, 6) is -0.732. The number of benzene rings is 5. The number of carbonyl (C=O) groups excluding carboxylic acids is 7. The quantitative estimate of drug-likeness (QED) is 0.0173. The number of aliphatic imine (C=N–C) groups is 1. The molecule has 9 rings (SSSR count). The highest BCUT2D eigenvalue weighted by atomic mass is 28.3. The molecule has 6 N–H and O–H groups in total. The van der Waals surface area contributed by atoms with Gasteiger partial charge >= 0.3 is 6.09 Å². The van der Waals surface area contributed by atoms with Crippen molar-refractivity contribution < 1.29 is 62.1 Å². The molecule has 23 heteroatoms. The number of carbonyl (C=O) groups is 7. The molecule has 86 heavy (non-hydrogen) atoms. The highest BCUT2D eigenvalue weighted by molar-refractivity contribution is 6.76. The fraction of sp³-hybridized carbons (Fsp3) is 0.397. The lowest BCUT2D eigenvalue weighted by Gasteiger charge is -2.22. The van der Waals surface area contributed by atoms with Gasteiger partial charge in [-0.3, -0.25) is 43.5 Å². The monoisotopic (exact) mass is 1190 g/mol. The van der Waals surface area contributed by atoms with E-state index in [9.17, 15) is 33.6 Å². The summed E-state index contributed by atoms with van der Waals surface area (Å²) in [6.07, 6.45) is 4.06. The van der Waals surface area contributed by atoms with Gasteiger partial charge in [0.15, 0.2) is 23.0 Å². The van der Waals surface area contributed by atoms with Crippen molar-refractivity contribution >= 4 is 84.3 Å². The van der Waals surface area contributed by atoms with Gasteiger partial charge in [-0.25, -0.2) is 4.79 Å². The fourth-order valence-electron chi connectivity index (χ4n) is 10.6. The largest absolute Gasteiger partial charge is 0.493 e. The standard InChI is InChI=1S/C63H75N9O13Si/c1-38(67-58(74)20-13-12-19-57(73)64-21-14-22-85-70-63(79)82-23-24-86(5,6)7)59(75)68-39(2)60(76)69-44-26-40(36-83-55-32-49-47(30-53(55)80-3)61(77)71-45(34-65-49)28-42-15-8-10-17-51(42)71)25-41(27-44)37-84-56-33-50-48(31-54(56)81-4)62(78)72-46(35-66-50)29-43-16-9-11-18-52(43)72/h8-11,15-18,25-27,30-34,38-39,45-46,66H,12-14,19-24,28-29,35-37H2,1-7H3,(H,64,73)(H,67,74)(H,68,75)(H,69,76)(H,70,79)/t38-,39-,45?,46-/m0/s1. The maximum Gasteiger partial charge on any atom is 0.431 e. The molecule has 0 aromatic heterocycles. The number of nitrogens with zero attached hydrogens (tertiary/aromatic N) is 3. The van der Waals surface area contributed by atoms with Gasteiger partial charge in [-0.05, 0) is 110 Å². The number of ether oxygens (including phenoxy) is 5. The summed E-state index contributed by atoms with van der Waals surface area (Å²) in [5.41, 5.74) is 9.53. The van der Waals surface area contributed by atoms with E-state index < -0.39 is 44.0 Å². The predicted octanol–water partition coefficient (Wildman–Crippen LogP) is 8.16. The van der Waals surface area contributed by atoms with E-state index in [1.165, 1.54) is 28.1 Å². The Hall–Kier alpha value is -8.96. The molecular weight excluding hydrogens is 1120 g/mol. The van der Waals surface area contributed by atoms with Crippen molar-refractivity contribution in [3.8, 4) is 23.0 Å². The van der Waals surface area contributed by atoms with E-state index in [1.807, 2.05) is 59.5 Å². The summed E-state index contributed by atoms with van der Waals surface area (Å²) < 4.78 is 29.6. The topological polar surface area (TPSA) is 266 Å². The van der Waals surface area contributed by atoms with E-state index in [4.69, 9.17) is 33.5 Å². The molecular formula is C63H75N9O13Si. The molecule has 4 aliphatic rings. The van der Waals surface area contributed by atoms with Crippen LogP contribution in [0.25, 0.3) is 0 Å². The van der Waals surface area contributed by atoms with Crippen molar-refractivity contribution in [3.05, 3.63) is 124 Å². The SMILES string of the molecule is COc1cc2c(cc1OCc1cc(COc3cc4c(cc3OC)C(=O)N3c5ccccc5C[C@H]3CN4)cc(NC(=O)[C@H](C)NC(=O)[C@H](C)NC(=O)CCCCC(=O)NCCCONC(=O)OCC[Si](C)(C)C)c1)N=CC1Cc3ccccc3N1C2=O. The lowest BCUT2D eigenvalue weighted by Crippen LogP contribution is -2.50. The number of hydrogen-bond donors (Lipinski definition) is 6. The highest BCUT2D eigenvalue weighted by Gasteiger charge is 2.39. The average Bonchev–Trinajstić information content (AvgIpc) is 2.40. The number of anilines is 4. The smallest absolute Gasteiger partial charge is 0.431 e. The molecule has 0 radical (unpaired) electrons. The Morgan fingerprint density at radius 2 is 1.30 bits per heavy atom. The number of unbranched alkanes of at least 4 members (excludes halogenated alkanes) is 1. The highest BCUT2D eigenvalue weighted by Crippen LogP contribution is 2.43. The Bertz CT molecular complexity index is 3410. The number of nitrogens with one attached hydrogen (secondary N) is 6. The first-order chi connectivity index (χ1) is 41.4. The van der Waals surface area contributed by atoms with Crippen LogP contribution in [0.2, 0.25) is 25.7 Å². The lowest BCUT2D eigenvalue weighted by molar-refractivity contribution is -0.130. The van der Waals surface area contributed by atoms with Crippen LogP contribution < -0.4 is 60.8 Å². The third kappa shape index (κ3) is 15.3. The van der Waals surface area contributed by atoms with Crippen LogP contribution in [0.15, 0.2) is 96.0 Å². The molecule has 0 saturated carbocycles. The molecule has 22 nitrogen and oxygen atoms in total. The van der Waals surface area contributed by atoms with Gasteiger partial charge in [-0.15, -0.1) is 0 Å². The molecule has 7 amide bonds. The van der Waals surface area contributed by atoms with Gasteiger partial charge in [0.05, 0.1) is 62.0 Å². The van der Waals surface area contributed by atoms with E-state index in [2.05, 4.69) is 51.7 Å². The van der Waals surface area contributed by atoms with Crippen molar-refractivity contribution in [2.75, 3.05) is 61.0 Å². The van der Waals surface area contributed by atoms with Gasteiger partial charge in [-0.2, -0.15) is 5.48 Å². The molecule has 454 valence electrons. The van der Waals surface area contributed by atoms with Crippen molar-refractivity contribution in [2.24, 2.45) is 4.99 Å². The van der Waals surface area contributed by atoms with Crippen LogP contribution in [-0.4, -0.2) is 121 Å². The van der Waals surface area contributed by atoms with Crippen molar-refractivity contribution in [3.63, 3.8) is 0 Å². The van der Waals surface area contributed by atoms with Gasteiger partial charge in [0.1, 0.15) is 25.3 Å². The van der Waals surface area contributed by atoms with Crippen LogP contribution in [0.3, 0.4) is 0 Å². The minimum Gasteiger partial charge on any atom is -0.493 e. The van der Waals surface area contributed by atoms with Gasteiger partial charge in [0.25, 0.3) is 11.8 Å². The number of hydrogen-bond acceptors (Lipinski definition) is 15. The number of amides is 7. The molecule has 4 aliphatic heterocycles. The summed E-state index contributed by atoms with van der Waals surface area (Å²) in [4.78, 5) is 106. The van der Waals surface area contributed by atoms with Gasteiger partial charge in [-0.1, -0.05) is 56.0 Å². The third-order valence-electron chi connectivity index (χ3n) is 15.2. The van der Waals surface area contributed by atoms with E-state index >= 15 is 0 Å². The predicted molar refractivity (Wildman–Crippen MR) is 328 cm³/mol. The van der Waals surface area contributed by atoms with Crippen molar-refractivity contribution in [2.45, 2.75) is 122 Å². The van der Waals surface area contributed by atoms with Crippen LogP contribution in [0.1, 0.15) is 88.9 Å². The molecule has 0 bridgehead atoms. The van der Waals surface area contributed by atoms with E-state index in [-0.39, 0.29) is 62.5 Å². The van der Waals surface area contributed by atoms with Crippen LogP contribution in [0.4, 0.5) is 33.2 Å². The summed E-state index contributed by atoms with van der Waals surface area (Å²) in [7, 11) is 1.67. The maximum absolute atomic E-state index is 14.2. The second kappa shape index (κ2) is 27.8. The van der Waals surface area contributed by atoms with Crippen LogP contribution in [0, 0.1) is 0 Å². The summed E-state index contributed by atoms with van der Waals surface area (Å²) in [5, 5.41) is 14.5. The molecule has 1 unspecified atom stereocenters. The minimum atomic E-state index is -1.32. The summed E-state index contributed by atoms with van der Waals surface area (Å²) in [6, 6.07) is 26.2. The molecule has 0 fully saturated rings. The summed E-state index contributed by atoms with van der Waals surface area (Å²) >= 11 is 0. The van der Waals surface area contributed by atoms with E-state index in [0.29, 0.717) is 108 Å². The Kier molecular flexibility index (Phi) is 19.9. The Labute approximate surface area is 501 Å². The number of hydroxylamine groups is 1. The lowest BCUT2D eigenvalue weighted by atomic mass is 10.1. The van der Waals surface area contributed by atoms with Crippen LogP contribution in [-0.2, 0) is 54.8 Å². The first-order valence-electron chi connectivity index (χ1n) is 29.0. The minimum absolute atomic E-state index is 0.0206. The second-order valence-corrected chi connectivity index (χ2v) is 28.5. The number of para-hydroxylation sites is 2. The molecule has 0 saturated heterocycles. The zero-order valence-electron chi connectivity index (χ0n) is 49.6. The maximum atomic E-state index is 14.2. The van der Waals surface area contributed by atoms with Gasteiger partial charge in [0.2, 0.25) is 23.6 Å². The molecule has 0 spiro atoms. The van der Waals surface area contributed by atoms with E-state index in [0.717, 1.165) is 35.0 Å². The Morgan fingerprint density at radius 1 is 0.686 bits per heavy atom. The van der Waals surface area contributed by atoms with Gasteiger partial charge in [0, 0.05) is 75.8 Å². The average molecular weight is 1190 g/mol. The molecule has 5 aromatic rings. The number of methoxy groups -OCH3 is 2. The first-order valence-corrected chi connectivity index (χ1v) is 32.7. The van der Waals surface area contributed by atoms with E-state index in [1.54, 1.807) is 47.5 Å². The second-order valence-electron chi connectivity index (χ2n) is 22.9. The van der Waals surface area contributed by atoms with Crippen molar-refractivity contribution in [1.29, 1.82) is 0 Å². The molecule has 0 aliphatic carbocycles. The normalized spacial score (nSPS) is 16.0. The third-order valence-corrected chi connectivity index (χ3v) is 16.9. The number of rotatable bonds is 26. The van der Waals surface area contributed by atoms with Crippen LogP contribution >= 0.6 is 0 Å². The van der Waals surface area contributed by atoms with Crippen molar-refractivity contribution in [1.82, 2.24) is 21.4 Å². The summed E-state index contributed by atoms with van der Waals surface area (Å²) in [6.45, 7) is 10.9. The zero-order chi connectivity index (χ0) is 61.1. The van der Waals surface area contributed by atoms with Crippen LogP contribution in [0.5, 0.6) is 23.0 Å². The molecule has 5 aromatic carbocycles. The molecule has 4 atom stereocenters. The first kappa shape index (κ1) is 61.6. The fourth-order valence-corrected chi connectivity index (χ4v) is 11.3. The number of fused-ring (bicyclic) bond motifs is 8. The Morgan fingerprint density at radius 3 is 1.99 bits per heavy atom.